The molecule has 0 saturated carbocycles. The van der Waals surface area contributed by atoms with Crippen LogP contribution in [0.1, 0.15) is 54.7 Å². The molecule has 1 spiro atoms. The first-order valence-corrected chi connectivity index (χ1v) is 12.8. The third kappa shape index (κ3) is 3.22. The van der Waals surface area contributed by atoms with E-state index in [1.54, 1.807) is 0 Å². The molecule has 3 aromatic rings. The lowest BCUT2D eigenvalue weighted by atomic mass is 9.77. The van der Waals surface area contributed by atoms with Crippen molar-refractivity contribution in [3.05, 3.63) is 81.3 Å². The Kier molecular flexibility index (Phi) is 5.80. The zero-order chi connectivity index (χ0) is 24.0. The van der Waals surface area contributed by atoms with E-state index in [1.165, 1.54) is 0 Å². The van der Waals surface area contributed by atoms with Gasteiger partial charge in [0, 0.05) is 65.2 Å². The van der Waals surface area contributed by atoms with E-state index >= 15 is 0 Å². The number of carbonyl (C=O) groups excluding carboxylic acids is 1. The molecule has 2 heterocycles. The van der Waals surface area contributed by atoms with E-state index in [1.807, 2.05) is 30.3 Å². The van der Waals surface area contributed by atoms with E-state index < -0.39 is 5.60 Å². The molecule has 0 bridgehead atoms. The number of benzene rings is 3. The molecular weight excluding hydrogens is 492 g/mol. The van der Waals surface area contributed by atoms with Gasteiger partial charge in [0.05, 0.1) is 11.3 Å². The normalized spacial score (nSPS) is 17.5. The maximum absolute atomic E-state index is 13.1. The fourth-order valence-corrected chi connectivity index (χ4v) is 5.86. The van der Waals surface area contributed by atoms with Crippen molar-refractivity contribution in [1.29, 1.82) is 0 Å². The quantitative estimate of drug-likeness (QED) is 0.338. The van der Waals surface area contributed by atoms with E-state index in [4.69, 9.17) is 9.47 Å². The number of carbonyl (C=O) groups is 1. The molecule has 1 unspecified atom stereocenters. The van der Waals surface area contributed by atoms with Gasteiger partial charge in [-0.15, -0.1) is 0 Å². The summed E-state index contributed by atoms with van der Waals surface area (Å²) in [6, 6.07) is 18.0. The summed E-state index contributed by atoms with van der Waals surface area (Å²) in [6.45, 7) is 12.1. The van der Waals surface area contributed by atoms with Crippen LogP contribution in [-0.4, -0.2) is 32.1 Å². The lowest BCUT2D eigenvalue weighted by Gasteiger charge is -2.38. The molecule has 5 nitrogen and oxygen atoms in total. The van der Waals surface area contributed by atoms with Crippen molar-refractivity contribution < 1.29 is 14.3 Å². The summed E-state index contributed by atoms with van der Waals surface area (Å²) in [5.74, 6) is 1.11. The highest BCUT2D eigenvalue weighted by molar-refractivity contribution is 9.10. The summed E-state index contributed by atoms with van der Waals surface area (Å²) in [7, 11) is 0. The predicted molar refractivity (Wildman–Crippen MR) is 140 cm³/mol. The SMILES string of the molecule is CCN(CC)c1ccc2c(c1)Oc1cc(N(CC)CC)c(Br)cc1C21OC(=O)c2ccccc21. The molecule has 2 aliphatic heterocycles. The second-order valence-corrected chi connectivity index (χ2v) is 9.40. The summed E-state index contributed by atoms with van der Waals surface area (Å²) >= 11 is 3.79. The molecule has 0 fully saturated rings. The fourth-order valence-electron chi connectivity index (χ4n) is 5.26. The molecule has 2 aliphatic rings. The van der Waals surface area contributed by atoms with E-state index in [9.17, 15) is 4.79 Å². The third-order valence-corrected chi connectivity index (χ3v) is 7.63. The predicted octanol–water partition coefficient (Wildman–Crippen LogP) is 6.71. The Labute approximate surface area is 209 Å². The fraction of sp³-hybridized carbons (Fsp3) is 0.321. The van der Waals surface area contributed by atoms with E-state index in [0.29, 0.717) is 17.1 Å². The zero-order valence-electron chi connectivity index (χ0n) is 20.0. The number of fused-ring (bicyclic) bond motifs is 6. The van der Waals surface area contributed by atoms with Crippen LogP contribution in [0.2, 0.25) is 0 Å². The van der Waals surface area contributed by atoms with Crippen molar-refractivity contribution in [1.82, 2.24) is 0 Å². The molecule has 0 N–H and O–H groups in total. The lowest BCUT2D eigenvalue weighted by Crippen LogP contribution is -2.34. The molecular formula is C28H29BrN2O3. The molecule has 0 aromatic heterocycles. The lowest BCUT2D eigenvalue weighted by molar-refractivity contribution is 0.0224. The Morgan fingerprint density at radius 3 is 2.18 bits per heavy atom. The largest absolute Gasteiger partial charge is 0.456 e. The van der Waals surface area contributed by atoms with Crippen LogP contribution in [0.5, 0.6) is 11.5 Å². The first kappa shape index (κ1) is 22.8. The highest BCUT2D eigenvalue weighted by Crippen LogP contribution is 2.57. The van der Waals surface area contributed by atoms with E-state index in [0.717, 1.165) is 58.7 Å². The van der Waals surface area contributed by atoms with Gasteiger partial charge in [0.1, 0.15) is 11.5 Å². The molecule has 176 valence electrons. The Bertz CT molecular complexity index is 1270. The number of rotatable bonds is 6. The Morgan fingerprint density at radius 1 is 0.794 bits per heavy atom. The summed E-state index contributed by atoms with van der Waals surface area (Å²) < 4.78 is 13.8. The molecule has 3 aromatic carbocycles. The standard InChI is InChI=1S/C28H29BrN2O3/c1-5-30(6-2)18-13-14-21-25(15-18)33-26-17-24(31(7-3)8-4)23(29)16-22(26)28(21)20-12-10-9-11-19(20)27(32)34-28/h9-17H,5-8H2,1-4H3. The van der Waals surface area contributed by atoms with Crippen LogP contribution in [0.4, 0.5) is 11.4 Å². The maximum atomic E-state index is 13.1. The van der Waals surface area contributed by atoms with Gasteiger partial charge in [-0.1, -0.05) is 18.2 Å². The summed E-state index contributed by atoms with van der Waals surface area (Å²) in [5.41, 5.74) is 4.21. The Balaban J connectivity index is 1.79. The van der Waals surface area contributed by atoms with Crippen LogP contribution < -0.4 is 14.5 Å². The zero-order valence-corrected chi connectivity index (χ0v) is 21.6. The van der Waals surface area contributed by atoms with Crippen molar-refractivity contribution in [2.75, 3.05) is 36.0 Å². The summed E-state index contributed by atoms with van der Waals surface area (Å²) in [5, 5.41) is 0. The summed E-state index contributed by atoms with van der Waals surface area (Å²) in [4.78, 5) is 17.6. The van der Waals surface area contributed by atoms with Crippen molar-refractivity contribution in [3.8, 4) is 11.5 Å². The minimum Gasteiger partial charge on any atom is -0.456 e. The number of esters is 1. The molecule has 0 saturated heterocycles. The van der Waals surface area contributed by atoms with Gasteiger partial charge in [0.15, 0.2) is 5.60 Å². The molecule has 5 rings (SSSR count). The third-order valence-electron chi connectivity index (χ3n) is 7.00. The van der Waals surface area contributed by atoms with Crippen molar-refractivity contribution in [2.45, 2.75) is 33.3 Å². The second-order valence-electron chi connectivity index (χ2n) is 8.54. The van der Waals surface area contributed by atoms with Crippen molar-refractivity contribution in [3.63, 3.8) is 0 Å². The summed E-state index contributed by atoms with van der Waals surface area (Å²) in [6.07, 6.45) is 0. The average molecular weight is 521 g/mol. The van der Waals surface area contributed by atoms with Gasteiger partial charge < -0.3 is 19.3 Å². The van der Waals surface area contributed by atoms with Crippen LogP contribution in [0.15, 0.2) is 59.1 Å². The average Bonchev–Trinajstić information content (AvgIpc) is 3.15. The number of ether oxygens (including phenoxy) is 2. The van der Waals surface area contributed by atoms with Gasteiger partial charge >= 0.3 is 5.97 Å². The smallest absolute Gasteiger partial charge is 0.340 e. The van der Waals surface area contributed by atoms with Crippen LogP contribution in [0.3, 0.4) is 0 Å². The second kappa shape index (κ2) is 8.66. The highest BCUT2D eigenvalue weighted by atomic mass is 79.9. The van der Waals surface area contributed by atoms with Gasteiger partial charge in [-0.05, 0) is 67.9 Å². The number of hydrogen-bond acceptors (Lipinski definition) is 5. The van der Waals surface area contributed by atoms with Crippen LogP contribution in [-0.2, 0) is 10.3 Å². The topological polar surface area (TPSA) is 42.0 Å². The molecule has 0 amide bonds. The number of nitrogens with zero attached hydrogens (tertiary/aromatic N) is 2. The van der Waals surface area contributed by atoms with Gasteiger partial charge in [-0.3, -0.25) is 0 Å². The number of anilines is 2. The minimum absolute atomic E-state index is 0.314. The van der Waals surface area contributed by atoms with Crippen LogP contribution >= 0.6 is 15.9 Å². The molecule has 6 heteroatoms. The Morgan fingerprint density at radius 2 is 1.47 bits per heavy atom. The first-order valence-electron chi connectivity index (χ1n) is 12.0. The van der Waals surface area contributed by atoms with Gasteiger partial charge in [0.2, 0.25) is 0 Å². The van der Waals surface area contributed by atoms with Gasteiger partial charge in [-0.2, -0.15) is 0 Å². The molecule has 34 heavy (non-hydrogen) atoms. The van der Waals surface area contributed by atoms with Crippen LogP contribution in [0.25, 0.3) is 0 Å². The number of halogens is 1. The van der Waals surface area contributed by atoms with Crippen molar-refractivity contribution in [2.24, 2.45) is 0 Å². The minimum atomic E-state index is -1.05. The molecule has 1 atom stereocenters. The Hall–Kier alpha value is -2.99. The van der Waals surface area contributed by atoms with Crippen LogP contribution in [0, 0.1) is 0 Å². The number of hydrogen-bond donors (Lipinski definition) is 0. The first-order chi connectivity index (χ1) is 16.5. The monoisotopic (exact) mass is 520 g/mol. The highest BCUT2D eigenvalue weighted by Gasteiger charge is 2.53. The molecule has 0 aliphatic carbocycles. The van der Waals surface area contributed by atoms with Gasteiger partial charge in [-0.25, -0.2) is 4.79 Å². The maximum Gasteiger partial charge on any atom is 0.340 e. The van der Waals surface area contributed by atoms with E-state index in [2.05, 4.69) is 77.7 Å². The van der Waals surface area contributed by atoms with Crippen molar-refractivity contribution >= 4 is 33.3 Å². The molecule has 0 radical (unpaired) electrons. The van der Waals surface area contributed by atoms with E-state index in [-0.39, 0.29) is 5.97 Å². The van der Waals surface area contributed by atoms with Gasteiger partial charge in [0.25, 0.3) is 0 Å².